The quantitative estimate of drug-likeness (QED) is 0.812. The lowest BCUT2D eigenvalue weighted by Gasteiger charge is -2.12. The molecule has 1 unspecified atom stereocenters. The fourth-order valence-electron chi connectivity index (χ4n) is 1.12. The third-order valence-corrected chi connectivity index (χ3v) is 3.13. The molecule has 0 saturated carbocycles. The van der Waals surface area contributed by atoms with Crippen LogP contribution in [0.4, 0.5) is 0 Å². The zero-order valence-electron chi connectivity index (χ0n) is 8.21. The Balaban J connectivity index is 2.15. The summed E-state index contributed by atoms with van der Waals surface area (Å²) in [4.78, 5) is 0.830. The summed E-state index contributed by atoms with van der Waals surface area (Å²) in [5.41, 5.74) is 5.96. The Morgan fingerprint density at radius 3 is 3.00 bits per heavy atom. The Morgan fingerprint density at radius 1 is 1.57 bits per heavy atom. The molecular weight excluding hydrogens is 198 g/mol. The van der Waals surface area contributed by atoms with Gasteiger partial charge in [-0.15, -0.1) is 10.2 Å². The number of fused-ring (bicyclic) bond motifs is 1. The van der Waals surface area contributed by atoms with Crippen molar-refractivity contribution in [3.63, 3.8) is 0 Å². The van der Waals surface area contributed by atoms with Gasteiger partial charge in [-0.05, 0) is 5.92 Å². The summed E-state index contributed by atoms with van der Waals surface area (Å²) in [7, 11) is 0. The van der Waals surface area contributed by atoms with E-state index in [-0.39, 0.29) is 6.04 Å². The molecule has 0 radical (unpaired) electrons. The van der Waals surface area contributed by atoms with E-state index in [2.05, 4.69) is 29.1 Å². The fraction of sp³-hybridized carbons (Fsp3) is 0.625. The first kappa shape index (κ1) is 9.54. The number of rotatable bonds is 3. The van der Waals surface area contributed by atoms with E-state index in [0.29, 0.717) is 5.92 Å². The molecule has 14 heavy (non-hydrogen) atoms. The molecular formula is C8H13N5S. The van der Waals surface area contributed by atoms with Crippen LogP contribution in [-0.4, -0.2) is 25.9 Å². The molecule has 2 rings (SSSR count). The van der Waals surface area contributed by atoms with E-state index in [1.54, 1.807) is 22.2 Å². The van der Waals surface area contributed by atoms with E-state index in [1.807, 2.05) is 0 Å². The Kier molecular flexibility index (Phi) is 2.47. The van der Waals surface area contributed by atoms with Crippen molar-refractivity contribution in [1.82, 2.24) is 19.8 Å². The molecule has 6 heteroatoms. The van der Waals surface area contributed by atoms with Gasteiger partial charge in [0.2, 0.25) is 4.96 Å². The minimum atomic E-state index is 0.166. The highest BCUT2D eigenvalue weighted by molar-refractivity contribution is 7.16. The highest BCUT2D eigenvalue weighted by Gasteiger charge is 2.12. The molecule has 0 saturated heterocycles. The van der Waals surface area contributed by atoms with Gasteiger partial charge in [0.05, 0.1) is 0 Å². The van der Waals surface area contributed by atoms with E-state index in [1.165, 1.54) is 0 Å². The Morgan fingerprint density at radius 2 is 2.36 bits per heavy atom. The molecule has 5 nitrogen and oxygen atoms in total. The average Bonchev–Trinajstić information content (AvgIpc) is 2.63. The standard InChI is InChI=1S/C8H13N5S/c1-5(2)6(9)3-7-12-13-4-10-11-8(13)14-7/h4-6H,3,9H2,1-2H3. The van der Waals surface area contributed by atoms with Gasteiger partial charge in [-0.1, -0.05) is 25.2 Å². The molecule has 0 fully saturated rings. The zero-order chi connectivity index (χ0) is 10.1. The Bertz CT molecular complexity index is 389. The van der Waals surface area contributed by atoms with Crippen LogP contribution in [-0.2, 0) is 6.42 Å². The van der Waals surface area contributed by atoms with Crippen LogP contribution in [0, 0.1) is 5.92 Å². The molecule has 0 aromatic carbocycles. The third-order valence-electron chi connectivity index (χ3n) is 2.20. The Labute approximate surface area is 86.0 Å². The van der Waals surface area contributed by atoms with Crippen LogP contribution in [0.5, 0.6) is 0 Å². The highest BCUT2D eigenvalue weighted by atomic mass is 32.1. The molecule has 1 atom stereocenters. The normalized spacial score (nSPS) is 14.0. The third kappa shape index (κ3) is 1.76. The molecule has 0 amide bonds. The molecule has 0 aliphatic rings. The predicted octanol–water partition coefficient (Wildman–Crippen LogP) is 0.712. The van der Waals surface area contributed by atoms with Crippen molar-refractivity contribution in [2.24, 2.45) is 11.7 Å². The second-order valence-electron chi connectivity index (χ2n) is 3.67. The van der Waals surface area contributed by atoms with Crippen molar-refractivity contribution in [3.05, 3.63) is 11.3 Å². The van der Waals surface area contributed by atoms with Gasteiger partial charge in [-0.3, -0.25) is 0 Å². The van der Waals surface area contributed by atoms with Crippen LogP contribution >= 0.6 is 11.3 Å². The van der Waals surface area contributed by atoms with E-state index in [0.717, 1.165) is 16.4 Å². The lowest BCUT2D eigenvalue weighted by atomic mass is 10.0. The van der Waals surface area contributed by atoms with Gasteiger partial charge in [-0.25, -0.2) is 0 Å². The summed E-state index contributed by atoms with van der Waals surface area (Å²) in [6, 6.07) is 0.166. The summed E-state index contributed by atoms with van der Waals surface area (Å²) >= 11 is 1.55. The maximum absolute atomic E-state index is 5.96. The summed E-state index contributed by atoms with van der Waals surface area (Å²) in [6.07, 6.45) is 2.42. The number of nitrogens with two attached hydrogens (primary N) is 1. The van der Waals surface area contributed by atoms with Crippen molar-refractivity contribution in [3.8, 4) is 0 Å². The smallest absolute Gasteiger partial charge is 0.234 e. The van der Waals surface area contributed by atoms with E-state index >= 15 is 0 Å². The van der Waals surface area contributed by atoms with E-state index < -0.39 is 0 Å². The van der Waals surface area contributed by atoms with Gasteiger partial charge in [0, 0.05) is 12.5 Å². The molecule has 0 bridgehead atoms. The van der Waals surface area contributed by atoms with Crippen LogP contribution in [0.1, 0.15) is 18.9 Å². The molecule has 0 aliphatic heterocycles. The van der Waals surface area contributed by atoms with Crippen LogP contribution in [0.25, 0.3) is 4.96 Å². The number of hydrogen-bond acceptors (Lipinski definition) is 5. The monoisotopic (exact) mass is 211 g/mol. The molecule has 76 valence electrons. The maximum atomic E-state index is 5.96. The zero-order valence-corrected chi connectivity index (χ0v) is 9.03. The van der Waals surface area contributed by atoms with Gasteiger partial charge in [0.1, 0.15) is 11.3 Å². The van der Waals surface area contributed by atoms with Crippen molar-refractivity contribution < 1.29 is 0 Å². The molecule has 2 aromatic rings. The fourth-order valence-corrected chi connectivity index (χ4v) is 2.01. The second kappa shape index (κ2) is 3.62. The number of aromatic nitrogens is 4. The van der Waals surface area contributed by atoms with Crippen molar-refractivity contribution in [2.75, 3.05) is 0 Å². The molecule has 2 aromatic heterocycles. The molecule has 2 heterocycles. The highest BCUT2D eigenvalue weighted by Crippen LogP contribution is 2.14. The van der Waals surface area contributed by atoms with Crippen LogP contribution in [0.2, 0.25) is 0 Å². The summed E-state index contributed by atoms with van der Waals surface area (Å²) in [6.45, 7) is 4.23. The summed E-state index contributed by atoms with van der Waals surface area (Å²) in [5.74, 6) is 0.476. The van der Waals surface area contributed by atoms with Crippen LogP contribution in [0.15, 0.2) is 6.33 Å². The van der Waals surface area contributed by atoms with Gasteiger partial charge < -0.3 is 5.73 Å². The number of hydrogen-bond donors (Lipinski definition) is 1. The van der Waals surface area contributed by atoms with Gasteiger partial charge in [0.25, 0.3) is 0 Å². The first-order chi connectivity index (χ1) is 6.66. The topological polar surface area (TPSA) is 69.1 Å². The van der Waals surface area contributed by atoms with Crippen LogP contribution in [0.3, 0.4) is 0 Å². The van der Waals surface area contributed by atoms with Crippen LogP contribution < -0.4 is 5.73 Å². The van der Waals surface area contributed by atoms with Crippen molar-refractivity contribution >= 4 is 16.3 Å². The van der Waals surface area contributed by atoms with E-state index in [4.69, 9.17) is 5.73 Å². The Hall–Kier alpha value is -1.01. The van der Waals surface area contributed by atoms with Gasteiger partial charge >= 0.3 is 0 Å². The number of nitrogens with zero attached hydrogens (tertiary/aromatic N) is 4. The second-order valence-corrected chi connectivity index (χ2v) is 4.71. The maximum Gasteiger partial charge on any atom is 0.234 e. The SMILES string of the molecule is CC(C)C(N)Cc1nn2cnnc2s1. The predicted molar refractivity (Wildman–Crippen MR) is 55.2 cm³/mol. The lowest BCUT2D eigenvalue weighted by molar-refractivity contribution is 0.488. The first-order valence-corrected chi connectivity index (χ1v) is 5.40. The summed E-state index contributed by atoms with van der Waals surface area (Å²) in [5, 5.41) is 13.0. The van der Waals surface area contributed by atoms with E-state index in [9.17, 15) is 0 Å². The minimum Gasteiger partial charge on any atom is -0.327 e. The summed E-state index contributed by atoms with van der Waals surface area (Å²) < 4.78 is 1.69. The lowest BCUT2D eigenvalue weighted by Crippen LogP contribution is -2.28. The first-order valence-electron chi connectivity index (χ1n) is 4.58. The largest absolute Gasteiger partial charge is 0.327 e. The average molecular weight is 211 g/mol. The van der Waals surface area contributed by atoms with Crippen molar-refractivity contribution in [2.45, 2.75) is 26.3 Å². The molecule has 0 aliphatic carbocycles. The van der Waals surface area contributed by atoms with Gasteiger partial charge in [0.15, 0.2) is 0 Å². The van der Waals surface area contributed by atoms with Gasteiger partial charge in [-0.2, -0.15) is 9.61 Å². The molecule has 2 N–H and O–H groups in total. The van der Waals surface area contributed by atoms with Crippen molar-refractivity contribution in [1.29, 1.82) is 0 Å². The minimum absolute atomic E-state index is 0.166. The molecule has 0 spiro atoms.